The molecule has 0 aromatic rings. The number of nitrogens with zero attached hydrogens (tertiary/aromatic N) is 1. The van der Waals surface area contributed by atoms with Crippen molar-refractivity contribution in [2.75, 3.05) is 23.9 Å². The first-order valence-corrected chi connectivity index (χ1v) is 8.96. The molecule has 0 aromatic heterocycles. The smallest absolute Gasteiger partial charge is 0.227 e. The van der Waals surface area contributed by atoms with E-state index in [0.29, 0.717) is 12.3 Å². The van der Waals surface area contributed by atoms with Crippen LogP contribution in [0.1, 0.15) is 32.1 Å². The van der Waals surface area contributed by atoms with Crippen LogP contribution in [0.4, 0.5) is 0 Å². The summed E-state index contributed by atoms with van der Waals surface area (Å²) in [4.78, 5) is 14.3. The van der Waals surface area contributed by atoms with Gasteiger partial charge in [-0.15, -0.1) is 11.6 Å². The number of carbonyl (C=O) groups excluding carboxylic acids is 1. The molecule has 0 N–H and O–H groups in total. The number of amides is 1. The van der Waals surface area contributed by atoms with Crippen LogP contribution in [-0.2, 0) is 14.6 Å². The highest BCUT2D eigenvalue weighted by Crippen LogP contribution is 2.25. The van der Waals surface area contributed by atoms with Crippen LogP contribution in [-0.4, -0.2) is 49.2 Å². The Hall–Kier alpha value is -0.290. The number of carbonyl (C=O) groups is 1. The first-order chi connectivity index (χ1) is 8.53. The fourth-order valence-electron chi connectivity index (χ4n) is 2.85. The Balaban J connectivity index is 2.06. The monoisotopic (exact) mass is 293 g/mol. The number of alkyl halides is 1. The minimum absolute atomic E-state index is 0.00336. The lowest BCUT2D eigenvalue weighted by Gasteiger charge is -2.30. The summed E-state index contributed by atoms with van der Waals surface area (Å²) in [6.45, 7) is 0.729. The van der Waals surface area contributed by atoms with Gasteiger partial charge in [-0.3, -0.25) is 4.79 Å². The average Bonchev–Trinajstić information content (AvgIpc) is 2.57. The maximum atomic E-state index is 12.4. The Morgan fingerprint density at radius 1 is 1.22 bits per heavy atom. The molecule has 18 heavy (non-hydrogen) atoms. The van der Waals surface area contributed by atoms with Gasteiger partial charge in [-0.25, -0.2) is 8.42 Å². The molecule has 0 aliphatic carbocycles. The fourth-order valence-corrected chi connectivity index (χ4v) is 4.91. The first-order valence-electron chi connectivity index (χ1n) is 6.60. The maximum Gasteiger partial charge on any atom is 0.227 e. The molecule has 2 unspecified atom stereocenters. The lowest BCUT2D eigenvalue weighted by molar-refractivity contribution is -0.136. The van der Waals surface area contributed by atoms with E-state index < -0.39 is 9.84 Å². The highest BCUT2D eigenvalue weighted by atomic mass is 35.5. The Bertz CT molecular complexity index is 410. The molecule has 6 heteroatoms. The Kier molecular flexibility index (Phi) is 4.54. The van der Waals surface area contributed by atoms with Crippen LogP contribution in [0.5, 0.6) is 0 Å². The fraction of sp³-hybridized carbons (Fsp3) is 0.917. The molecule has 2 fully saturated rings. The van der Waals surface area contributed by atoms with E-state index in [4.69, 9.17) is 11.6 Å². The van der Waals surface area contributed by atoms with Gasteiger partial charge in [-0.05, 0) is 19.3 Å². The Morgan fingerprint density at radius 3 is 2.61 bits per heavy atom. The second-order valence-electron chi connectivity index (χ2n) is 5.29. The van der Waals surface area contributed by atoms with Crippen molar-refractivity contribution in [3.63, 3.8) is 0 Å². The van der Waals surface area contributed by atoms with Crippen LogP contribution < -0.4 is 0 Å². The SMILES string of the molecule is O=C(C1CCS(=O)(=O)C1)N1CCCCCC1CCl. The normalized spacial score (nSPS) is 32.2. The van der Waals surface area contributed by atoms with Gasteiger partial charge in [0.05, 0.1) is 17.4 Å². The van der Waals surface area contributed by atoms with Gasteiger partial charge in [0, 0.05) is 18.5 Å². The second kappa shape index (κ2) is 5.78. The summed E-state index contributed by atoms with van der Waals surface area (Å²) in [5.41, 5.74) is 0. The average molecular weight is 294 g/mol. The third-order valence-corrected chi connectivity index (χ3v) is 6.04. The highest BCUT2D eigenvalue weighted by molar-refractivity contribution is 7.91. The zero-order valence-corrected chi connectivity index (χ0v) is 12.0. The lowest BCUT2D eigenvalue weighted by Crippen LogP contribution is -2.44. The topological polar surface area (TPSA) is 54.5 Å². The van der Waals surface area contributed by atoms with Gasteiger partial charge in [0.15, 0.2) is 9.84 Å². The van der Waals surface area contributed by atoms with E-state index in [1.165, 1.54) is 0 Å². The standard InChI is InChI=1S/C12H20ClNO3S/c13-8-11-4-2-1-3-6-14(11)12(15)10-5-7-18(16,17)9-10/h10-11H,1-9H2. The van der Waals surface area contributed by atoms with Crippen molar-refractivity contribution in [3.8, 4) is 0 Å². The molecule has 2 aliphatic rings. The number of halogens is 1. The third kappa shape index (κ3) is 3.18. The summed E-state index contributed by atoms with van der Waals surface area (Å²) in [6, 6.07) is 0.0879. The third-order valence-electron chi connectivity index (χ3n) is 3.92. The molecule has 2 rings (SSSR count). The van der Waals surface area contributed by atoms with Crippen molar-refractivity contribution in [2.24, 2.45) is 5.92 Å². The molecule has 2 atom stereocenters. The van der Waals surface area contributed by atoms with E-state index in [9.17, 15) is 13.2 Å². The molecule has 2 heterocycles. The van der Waals surface area contributed by atoms with Crippen molar-refractivity contribution in [2.45, 2.75) is 38.1 Å². The van der Waals surface area contributed by atoms with Crippen LogP contribution in [0.2, 0.25) is 0 Å². The quantitative estimate of drug-likeness (QED) is 0.724. The minimum Gasteiger partial charge on any atom is -0.338 e. The summed E-state index contributed by atoms with van der Waals surface area (Å²) in [7, 11) is -2.99. The van der Waals surface area contributed by atoms with Gasteiger partial charge in [0.1, 0.15) is 0 Å². The van der Waals surface area contributed by atoms with E-state index in [-0.39, 0.29) is 29.4 Å². The number of sulfone groups is 1. The van der Waals surface area contributed by atoms with Crippen LogP contribution in [0.15, 0.2) is 0 Å². The zero-order chi connectivity index (χ0) is 13.2. The van der Waals surface area contributed by atoms with Crippen LogP contribution >= 0.6 is 11.6 Å². The molecular formula is C12H20ClNO3S. The molecule has 0 bridgehead atoms. The number of hydrogen-bond acceptors (Lipinski definition) is 3. The summed E-state index contributed by atoms with van der Waals surface area (Å²) in [5.74, 6) is 0.299. The number of hydrogen-bond donors (Lipinski definition) is 0. The summed E-state index contributed by atoms with van der Waals surface area (Å²) < 4.78 is 22.9. The van der Waals surface area contributed by atoms with Crippen molar-refractivity contribution < 1.29 is 13.2 Å². The minimum atomic E-state index is -2.99. The molecule has 0 saturated carbocycles. The molecule has 2 aliphatic heterocycles. The first kappa shape index (κ1) is 14.1. The zero-order valence-electron chi connectivity index (χ0n) is 10.5. The summed E-state index contributed by atoms with van der Waals surface area (Å²) >= 11 is 5.94. The summed E-state index contributed by atoms with van der Waals surface area (Å²) in [6.07, 6.45) is 4.64. The van der Waals surface area contributed by atoms with Crippen LogP contribution in [0, 0.1) is 5.92 Å². The molecule has 2 saturated heterocycles. The van der Waals surface area contributed by atoms with E-state index in [1.54, 1.807) is 0 Å². The molecule has 1 amide bonds. The van der Waals surface area contributed by atoms with Crippen LogP contribution in [0.3, 0.4) is 0 Å². The van der Waals surface area contributed by atoms with Gasteiger partial charge in [-0.2, -0.15) is 0 Å². The van der Waals surface area contributed by atoms with Crippen molar-refractivity contribution in [1.29, 1.82) is 0 Å². The van der Waals surface area contributed by atoms with Gasteiger partial charge in [0.25, 0.3) is 0 Å². The van der Waals surface area contributed by atoms with E-state index in [2.05, 4.69) is 0 Å². The van der Waals surface area contributed by atoms with Crippen LogP contribution in [0.25, 0.3) is 0 Å². The van der Waals surface area contributed by atoms with Crippen molar-refractivity contribution in [1.82, 2.24) is 4.90 Å². The van der Waals surface area contributed by atoms with Crippen molar-refractivity contribution >= 4 is 27.3 Å². The van der Waals surface area contributed by atoms with E-state index in [0.717, 1.165) is 32.2 Å². The molecule has 4 nitrogen and oxygen atoms in total. The number of rotatable bonds is 2. The highest BCUT2D eigenvalue weighted by Gasteiger charge is 2.37. The lowest BCUT2D eigenvalue weighted by atomic mass is 10.1. The summed E-state index contributed by atoms with van der Waals surface area (Å²) in [5, 5.41) is 0. The van der Waals surface area contributed by atoms with Gasteiger partial charge >= 0.3 is 0 Å². The molecule has 0 radical (unpaired) electrons. The van der Waals surface area contributed by atoms with E-state index >= 15 is 0 Å². The predicted octanol–water partition coefficient (Wildman–Crippen LogP) is 1.43. The van der Waals surface area contributed by atoms with Gasteiger partial charge < -0.3 is 4.90 Å². The molecular weight excluding hydrogens is 274 g/mol. The molecule has 0 spiro atoms. The predicted molar refractivity (Wildman–Crippen MR) is 71.4 cm³/mol. The number of likely N-dealkylation sites (tertiary alicyclic amines) is 1. The second-order valence-corrected chi connectivity index (χ2v) is 7.83. The molecule has 0 aromatic carbocycles. The van der Waals surface area contributed by atoms with Gasteiger partial charge in [-0.1, -0.05) is 12.8 Å². The largest absolute Gasteiger partial charge is 0.338 e. The molecule has 104 valence electrons. The Morgan fingerprint density at radius 2 is 2.00 bits per heavy atom. The van der Waals surface area contributed by atoms with E-state index in [1.807, 2.05) is 4.90 Å². The van der Waals surface area contributed by atoms with Crippen molar-refractivity contribution in [3.05, 3.63) is 0 Å². The maximum absolute atomic E-state index is 12.4. The van der Waals surface area contributed by atoms with Gasteiger partial charge in [0.2, 0.25) is 5.91 Å². The Labute approximate surface area is 114 Å².